The van der Waals surface area contributed by atoms with Crippen LogP contribution in [-0.4, -0.2) is 11.8 Å². The Morgan fingerprint density at radius 1 is 0.742 bits per heavy atom. The van der Waals surface area contributed by atoms with Crippen LogP contribution in [0.25, 0.3) is 5.57 Å². The monoisotopic (exact) mass is 430 g/mol. The highest BCUT2D eigenvalue weighted by Crippen LogP contribution is 2.36. The number of rotatable bonds is 4. The fourth-order valence-electron chi connectivity index (χ4n) is 3.90. The zero-order valence-corrected chi connectivity index (χ0v) is 18.7. The van der Waals surface area contributed by atoms with Gasteiger partial charge in [0.2, 0.25) is 0 Å². The second-order valence-corrected chi connectivity index (χ2v) is 8.37. The molecule has 0 atom stereocenters. The molecule has 1 N–H and O–H groups in total. The van der Waals surface area contributed by atoms with E-state index in [-0.39, 0.29) is 17.5 Å². The SMILES string of the molecule is Cc1ccc(NC2=C(c3ccc(C)cc3C)C(=O)N(c3ccc(Cl)cc3)C2=O)c(C)c1. The number of nitrogens with one attached hydrogen (secondary N) is 1. The van der Waals surface area contributed by atoms with Gasteiger partial charge in [0.25, 0.3) is 11.8 Å². The fourth-order valence-corrected chi connectivity index (χ4v) is 4.03. The van der Waals surface area contributed by atoms with E-state index in [1.54, 1.807) is 24.3 Å². The molecule has 156 valence electrons. The van der Waals surface area contributed by atoms with Crippen LogP contribution in [0.3, 0.4) is 0 Å². The van der Waals surface area contributed by atoms with E-state index < -0.39 is 0 Å². The van der Waals surface area contributed by atoms with Crippen molar-refractivity contribution in [2.45, 2.75) is 27.7 Å². The Morgan fingerprint density at radius 2 is 1.35 bits per heavy atom. The number of nitrogens with zero attached hydrogens (tertiary/aromatic N) is 1. The molecular formula is C26H23ClN2O2. The summed E-state index contributed by atoms with van der Waals surface area (Å²) in [4.78, 5) is 28.3. The first-order valence-electron chi connectivity index (χ1n) is 10.1. The van der Waals surface area contributed by atoms with Crippen molar-refractivity contribution in [1.29, 1.82) is 0 Å². The van der Waals surface area contributed by atoms with E-state index in [4.69, 9.17) is 11.6 Å². The molecular weight excluding hydrogens is 408 g/mol. The minimum Gasteiger partial charge on any atom is -0.350 e. The van der Waals surface area contributed by atoms with Crippen LogP contribution in [0.5, 0.6) is 0 Å². The van der Waals surface area contributed by atoms with Gasteiger partial charge in [0.05, 0.1) is 11.3 Å². The summed E-state index contributed by atoms with van der Waals surface area (Å²) in [5, 5.41) is 3.80. The number of hydrogen-bond donors (Lipinski definition) is 1. The first-order chi connectivity index (χ1) is 14.8. The van der Waals surface area contributed by atoms with Gasteiger partial charge in [0.15, 0.2) is 0 Å². The summed E-state index contributed by atoms with van der Waals surface area (Å²) in [6.45, 7) is 7.95. The van der Waals surface area contributed by atoms with Crippen LogP contribution >= 0.6 is 11.6 Å². The van der Waals surface area contributed by atoms with Gasteiger partial charge in [-0.05, 0) is 74.7 Å². The van der Waals surface area contributed by atoms with E-state index in [1.165, 1.54) is 4.90 Å². The maximum Gasteiger partial charge on any atom is 0.282 e. The Labute approximate surface area is 187 Å². The summed E-state index contributed by atoms with van der Waals surface area (Å²) >= 11 is 6.01. The molecule has 5 heteroatoms. The van der Waals surface area contributed by atoms with Crippen LogP contribution < -0.4 is 10.2 Å². The number of amides is 2. The van der Waals surface area contributed by atoms with Gasteiger partial charge in [-0.15, -0.1) is 0 Å². The number of aryl methyl sites for hydroxylation is 4. The van der Waals surface area contributed by atoms with Crippen LogP contribution in [0.1, 0.15) is 27.8 Å². The fraction of sp³-hybridized carbons (Fsp3) is 0.154. The number of imide groups is 1. The Balaban J connectivity index is 1.87. The molecule has 1 aliphatic rings. The quantitative estimate of drug-likeness (QED) is 0.518. The molecule has 4 nitrogen and oxygen atoms in total. The molecule has 0 radical (unpaired) electrons. The molecule has 0 bridgehead atoms. The molecule has 0 unspecified atom stereocenters. The smallest absolute Gasteiger partial charge is 0.282 e. The maximum atomic E-state index is 13.6. The second kappa shape index (κ2) is 8.05. The van der Waals surface area contributed by atoms with Crippen molar-refractivity contribution < 1.29 is 9.59 Å². The number of benzene rings is 3. The third kappa shape index (κ3) is 3.87. The molecule has 0 spiro atoms. The zero-order chi connectivity index (χ0) is 22.3. The number of halogens is 1. The van der Waals surface area contributed by atoms with Crippen LogP contribution in [0.4, 0.5) is 11.4 Å². The van der Waals surface area contributed by atoms with Crippen molar-refractivity contribution in [1.82, 2.24) is 0 Å². The summed E-state index contributed by atoms with van der Waals surface area (Å²) in [6, 6.07) is 18.5. The molecule has 31 heavy (non-hydrogen) atoms. The summed E-state index contributed by atoms with van der Waals surface area (Å²) in [7, 11) is 0. The summed E-state index contributed by atoms with van der Waals surface area (Å²) in [5.74, 6) is -0.742. The lowest BCUT2D eigenvalue weighted by atomic mass is 9.97. The average Bonchev–Trinajstić information content (AvgIpc) is 2.95. The largest absolute Gasteiger partial charge is 0.350 e. The van der Waals surface area contributed by atoms with Gasteiger partial charge < -0.3 is 5.32 Å². The Hall–Kier alpha value is -3.37. The minimum atomic E-state index is -0.387. The van der Waals surface area contributed by atoms with E-state index >= 15 is 0 Å². The third-order valence-electron chi connectivity index (χ3n) is 5.46. The molecule has 0 saturated carbocycles. The Morgan fingerprint density at radius 3 is 1.97 bits per heavy atom. The van der Waals surface area contributed by atoms with E-state index in [2.05, 4.69) is 5.32 Å². The van der Waals surface area contributed by atoms with E-state index in [9.17, 15) is 9.59 Å². The highest BCUT2D eigenvalue weighted by Gasteiger charge is 2.40. The lowest BCUT2D eigenvalue weighted by Crippen LogP contribution is -2.32. The van der Waals surface area contributed by atoms with Crippen molar-refractivity contribution in [3.05, 3.63) is 99.2 Å². The number of carbonyl (C=O) groups excluding carboxylic acids is 2. The number of hydrogen-bond acceptors (Lipinski definition) is 3. The van der Waals surface area contributed by atoms with E-state index in [1.807, 2.05) is 64.1 Å². The minimum absolute atomic E-state index is 0.277. The number of anilines is 2. The van der Waals surface area contributed by atoms with Gasteiger partial charge in [-0.1, -0.05) is 53.1 Å². The lowest BCUT2D eigenvalue weighted by molar-refractivity contribution is -0.120. The van der Waals surface area contributed by atoms with Crippen LogP contribution in [-0.2, 0) is 9.59 Å². The predicted octanol–water partition coefficient (Wildman–Crippen LogP) is 5.97. The normalized spacial score (nSPS) is 13.9. The second-order valence-electron chi connectivity index (χ2n) is 7.93. The highest BCUT2D eigenvalue weighted by atomic mass is 35.5. The summed E-state index contributed by atoms with van der Waals surface area (Å²) in [6.07, 6.45) is 0. The topological polar surface area (TPSA) is 49.4 Å². The molecule has 0 aromatic heterocycles. The van der Waals surface area contributed by atoms with Crippen molar-refractivity contribution in [2.24, 2.45) is 0 Å². The molecule has 3 aromatic carbocycles. The van der Waals surface area contributed by atoms with Crippen molar-refractivity contribution in [2.75, 3.05) is 10.2 Å². The Bertz CT molecular complexity index is 1240. The molecule has 0 fully saturated rings. The number of carbonyl (C=O) groups is 2. The van der Waals surface area contributed by atoms with Gasteiger partial charge in [-0.25, -0.2) is 4.90 Å². The van der Waals surface area contributed by atoms with Crippen molar-refractivity contribution in [3.8, 4) is 0 Å². The van der Waals surface area contributed by atoms with Crippen molar-refractivity contribution >= 4 is 40.4 Å². The first-order valence-corrected chi connectivity index (χ1v) is 10.4. The van der Waals surface area contributed by atoms with Crippen LogP contribution in [0.2, 0.25) is 5.02 Å². The van der Waals surface area contributed by atoms with Crippen LogP contribution in [0, 0.1) is 27.7 Å². The van der Waals surface area contributed by atoms with Gasteiger partial charge in [-0.2, -0.15) is 0 Å². The molecule has 4 rings (SSSR count). The highest BCUT2D eigenvalue weighted by molar-refractivity contribution is 6.46. The average molecular weight is 431 g/mol. The third-order valence-corrected chi connectivity index (χ3v) is 5.71. The summed E-state index contributed by atoms with van der Waals surface area (Å²) in [5.41, 5.74) is 6.83. The molecule has 1 aliphatic heterocycles. The molecule has 1 heterocycles. The first kappa shape index (κ1) is 20.9. The van der Waals surface area contributed by atoms with Gasteiger partial charge in [-0.3, -0.25) is 9.59 Å². The molecule has 3 aromatic rings. The lowest BCUT2D eigenvalue weighted by Gasteiger charge is -2.16. The molecule has 0 saturated heterocycles. The summed E-state index contributed by atoms with van der Waals surface area (Å²) < 4.78 is 0. The molecule has 0 aliphatic carbocycles. The maximum absolute atomic E-state index is 13.6. The Kier molecular flexibility index (Phi) is 5.42. The predicted molar refractivity (Wildman–Crippen MR) is 126 cm³/mol. The standard InChI is InChI=1S/C26H23ClN2O2/c1-15-5-11-21(17(3)13-15)23-24(28-22-12-6-16(2)14-18(22)4)26(31)29(25(23)30)20-9-7-19(27)8-10-20/h5-14,28H,1-4H3. The molecule has 2 amide bonds. The van der Waals surface area contributed by atoms with Crippen LogP contribution in [0.15, 0.2) is 66.4 Å². The van der Waals surface area contributed by atoms with Crippen molar-refractivity contribution in [3.63, 3.8) is 0 Å². The zero-order valence-electron chi connectivity index (χ0n) is 17.9. The van der Waals surface area contributed by atoms with Gasteiger partial charge >= 0.3 is 0 Å². The van der Waals surface area contributed by atoms with Gasteiger partial charge in [0.1, 0.15) is 5.70 Å². The van der Waals surface area contributed by atoms with Gasteiger partial charge in [0, 0.05) is 10.7 Å². The van der Waals surface area contributed by atoms with E-state index in [0.717, 1.165) is 33.5 Å². The van der Waals surface area contributed by atoms with E-state index in [0.29, 0.717) is 16.3 Å².